The van der Waals surface area contributed by atoms with Crippen molar-refractivity contribution in [2.24, 2.45) is 17.8 Å². The number of hydrogen-bond donors (Lipinski definition) is 1. The third-order valence-electron chi connectivity index (χ3n) is 4.88. The van der Waals surface area contributed by atoms with Crippen molar-refractivity contribution in [3.8, 4) is 0 Å². The summed E-state index contributed by atoms with van der Waals surface area (Å²) in [5.41, 5.74) is 1.37. The number of aryl methyl sites for hydroxylation is 1. The molecule has 1 aromatic carbocycles. The molecule has 1 N–H and O–H groups in total. The lowest BCUT2D eigenvalue weighted by molar-refractivity contribution is -0.136. The fraction of sp³-hybridized carbons (Fsp3) is 0.529. The summed E-state index contributed by atoms with van der Waals surface area (Å²) in [5, 5.41) is 2.83. The standard InChI is InChI=1S/C17H20FNO2/c1-10-5-6-14(18)9-15(10)19-17(21)13-7-11-3-2-4-12(8-13)16(11)20/h5-6,9,11-13H,2-4,7-8H2,1H3,(H,19,21)/t11-,12-/m1/s1. The SMILES string of the molecule is Cc1ccc(F)cc1NC(=O)C1C[C@H]2CCC[C@H](C1)C2=O. The van der Waals surface area contributed by atoms with E-state index in [2.05, 4.69) is 5.32 Å². The first kappa shape index (κ1) is 14.2. The first-order valence-corrected chi connectivity index (χ1v) is 7.65. The topological polar surface area (TPSA) is 46.2 Å². The molecule has 3 rings (SSSR count). The number of benzene rings is 1. The van der Waals surface area contributed by atoms with Gasteiger partial charge in [0.05, 0.1) is 0 Å². The van der Waals surface area contributed by atoms with Crippen LogP contribution in [-0.2, 0) is 9.59 Å². The van der Waals surface area contributed by atoms with E-state index in [4.69, 9.17) is 0 Å². The van der Waals surface area contributed by atoms with Gasteiger partial charge in [-0.3, -0.25) is 9.59 Å². The summed E-state index contributed by atoms with van der Waals surface area (Å²) >= 11 is 0. The molecule has 2 fully saturated rings. The zero-order valence-electron chi connectivity index (χ0n) is 12.2. The van der Waals surface area contributed by atoms with E-state index >= 15 is 0 Å². The van der Waals surface area contributed by atoms with E-state index in [1.807, 2.05) is 6.92 Å². The van der Waals surface area contributed by atoms with E-state index in [0.29, 0.717) is 24.3 Å². The van der Waals surface area contributed by atoms with Crippen LogP contribution < -0.4 is 5.32 Å². The van der Waals surface area contributed by atoms with Crippen LogP contribution in [0.3, 0.4) is 0 Å². The molecule has 0 spiro atoms. The van der Waals surface area contributed by atoms with Gasteiger partial charge in [-0.2, -0.15) is 0 Å². The Morgan fingerprint density at radius 2 is 1.90 bits per heavy atom. The molecule has 2 aliphatic carbocycles. The highest BCUT2D eigenvalue weighted by Crippen LogP contribution is 2.40. The van der Waals surface area contributed by atoms with Crippen LogP contribution in [0, 0.1) is 30.5 Å². The quantitative estimate of drug-likeness (QED) is 0.906. The molecule has 0 unspecified atom stereocenters. The second kappa shape index (κ2) is 5.58. The van der Waals surface area contributed by atoms with Crippen molar-refractivity contribution in [2.75, 3.05) is 5.32 Å². The Hall–Kier alpha value is -1.71. The molecule has 0 heterocycles. The van der Waals surface area contributed by atoms with Crippen LogP contribution in [0.4, 0.5) is 10.1 Å². The molecule has 4 heteroatoms. The highest BCUT2D eigenvalue weighted by atomic mass is 19.1. The Balaban J connectivity index is 1.71. The second-order valence-corrected chi connectivity index (χ2v) is 6.34. The van der Waals surface area contributed by atoms with Crippen LogP contribution in [0.2, 0.25) is 0 Å². The Kier molecular flexibility index (Phi) is 3.79. The zero-order valence-corrected chi connectivity index (χ0v) is 12.2. The van der Waals surface area contributed by atoms with Crippen molar-refractivity contribution >= 4 is 17.4 Å². The minimum absolute atomic E-state index is 0.0573. The third kappa shape index (κ3) is 2.85. The van der Waals surface area contributed by atoms with Gasteiger partial charge in [-0.15, -0.1) is 0 Å². The Bertz CT molecular complexity index is 568. The molecule has 2 saturated carbocycles. The molecule has 2 bridgehead atoms. The van der Waals surface area contributed by atoms with Gasteiger partial charge in [0.25, 0.3) is 0 Å². The number of amides is 1. The molecule has 0 radical (unpaired) electrons. The van der Waals surface area contributed by atoms with Crippen LogP contribution in [-0.4, -0.2) is 11.7 Å². The maximum Gasteiger partial charge on any atom is 0.227 e. The van der Waals surface area contributed by atoms with Gasteiger partial charge in [-0.1, -0.05) is 12.5 Å². The Labute approximate surface area is 123 Å². The van der Waals surface area contributed by atoms with Gasteiger partial charge >= 0.3 is 0 Å². The van der Waals surface area contributed by atoms with Gasteiger partial charge < -0.3 is 5.32 Å². The van der Waals surface area contributed by atoms with Gasteiger partial charge in [0.1, 0.15) is 11.6 Å². The molecule has 2 aliphatic rings. The van der Waals surface area contributed by atoms with Crippen LogP contribution in [0.25, 0.3) is 0 Å². The monoisotopic (exact) mass is 289 g/mol. The number of nitrogens with one attached hydrogen (secondary N) is 1. The van der Waals surface area contributed by atoms with Gasteiger partial charge in [0.2, 0.25) is 5.91 Å². The molecule has 0 aliphatic heterocycles. The molecular formula is C17H20FNO2. The number of halogens is 1. The first-order valence-electron chi connectivity index (χ1n) is 7.65. The number of rotatable bonds is 2. The third-order valence-corrected chi connectivity index (χ3v) is 4.88. The number of anilines is 1. The second-order valence-electron chi connectivity index (χ2n) is 6.34. The van der Waals surface area contributed by atoms with Gasteiger partial charge in [0.15, 0.2) is 0 Å². The predicted molar refractivity (Wildman–Crippen MR) is 78.3 cm³/mol. The zero-order chi connectivity index (χ0) is 15.0. The van der Waals surface area contributed by atoms with Gasteiger partial charge in [0, 0.05) is 23.4 Å². The number of Topliss-reactive ketones (excluding diaryl/α,β-unsaturated/α-hetero) is 1. The van der Waals surface area contributed by atoms with E-state index in [1.165, 1.54) is 12.1 Å². The molecule has 1 amide bonds. The number of carbonyl (C=O) groups excluding carboxylic acids is 2. The number of ketones is 1. The molecule has 0 saturated heterocycles. The number of fused-ring (bicyclic) bond motifs is 2. The summed E-state index contributed by atoms with van der Waals surface area (Å²) in [6, 6.07) is 4.39. The largest absolute Gasteiger partial charge is 0.326 e. The van der Waals surface area contributed by atoms with E-state index in [-0.39, 0.29) is 29.5 Å². The molecule has 0 aromatic heterocycles. The maximum atomic E-state index is 13.3. The van der Waals surface area contributed by atoms with Crippen molar-refractivity contribution in [1.82, 2.24) is 0 Å². The van der Waals surface area contributed by atoms with Crippen molar-refractivity contribution in [3.05, 3.63) is 29.6 Å². The van der Waals surface area contributed by atoms with Gasteiger partial charge in [-0.05, 0) is 50.3 Å². The Morgan fingerprint density at radius 1 is 1.24 bits per heavy atom. The summed E-state index contributed by atoms with van der Waals surface area (Å²) in [5.74, 6) is -0.0868. The number of carbonyl (C=O) groups is 2. The van der Waals surface area contributed by atoms with E-state index in [9.17, 15) is 14.0 Å². The summed E-state index contributed by atoms with van der Waals surface area (Å²) in [4.78, 5) is 24.5. The van der Waals surface area contributed by atoms with E-state index in [0.717, 1.165) is 24.8 Å². The van der Waals surface area contributed by atoms with E-state index < -0.39 is 0 Å². The number of hydrogen-bond acceptors (Lipinski definition) is 2. The minimum Gasteiger partial charge on any atom is -0.326 e. The molecular weight excluding hydrogens is 269 g/mol. The molecule has 3 nitrogen and oxygen atoms in total. The van der Waals surface area contributed by atoms with Crippen molar-refractivity contribution in [1.29, 1.82) is 0 Å². The fourth-order valence-corrected chi connectivity index (χ4v) is 3.66. The average Bonchev–Trinajstić information content (AvgIpc) is 2.42. The van der Waals surface area contributed by atoms with Gasteiger partial charge in [-0.25, -0.2) is 4.39 Å². The van der Waals surface area contributed by atoms with Crippen molar-refractivity contribution in [3.63, 3.8) is 0 Å². The molecule has 112 valence electrons. The van der Waals surface area contributed by atoms with E-state index in [1.54, 1.807) is 6.07 Å². The lowest BCUT2D eigenvalue weighted by atomic mass is 9.67. The predicted octanol–water partition coefficient (Wildman–Crippen LogP) is 3.47. The smallest absolute Gasteiger partial charge is 0.227 e. The van der Waals surface area contributed by atoms with Crippen LogP contribution in [0.1, 0.15) is 37.7 Å². The van der Waals surface area contributed by atoms with Crippen LogP contribution >= 0.6 is 0 Å². The highest BCUT2D eigenvalue weighted by molar-refractivity contribution is 5.95. The molecule has 2 atom stereocenters. The lowest BCUT2D eigenvalue weighted by Gasteiger charge is -2.37. The van der Waals surface area contributed by atoms with Crippen LogP contribution in [0.5, 0.6) is 0 Å². The molecule has 1 aromatic rings. The normalized spacial score (nSPS) is 28.3. The Morgan fingerprint density at radius 3 is 2.57 bits per heavy atom. The average molecular weight is 289 g/mol. The first-order chi connectivity index (χ1) is 10.0. The summed E-state index contributed by atoms with van der Waals surface area (Å²) in [7, 11) is 0. The summed E-state index contributed by atoms with van der Waals surface area (Å²) in [6.07, 6.45) is 4.22. The van der Waals surface area contributed by atoms with Crippen molar-refractivity contribution < 1.29 is 14.0 Å². The lowest BCUT2D eigenvalue weighted by Crippen LogP contribution is -2.40. The molecule has 21 heavy (non-hydrogen) atoms. The highest BCUT2D eigenvalue weighted by Gasteiger charge is 2.41. The fourth-order valence-electron chi connectivity index (χ4n) is 3.66. The summed E-state index contributed by atoms with van der Waals surface area (Å²) < 4.78 is 13.3. The van der Waals surface area contributed by atoms with Crippen molar-refractivity contribution in [2.45, 2.75) is 39.0 Å². The van der Waals surface area contributed by atoms with Crippen LogP contribution in [0.15, 0.2) is 18.2 Å². The summed E-state index contributed by atoms with van der Waals surface area (Å²) in [6.45, 7) is 1.84. The minimum atomic E-state index is -0.355. The maximum absolute atomic E-state index is 13.3.